The number of hydrogen-bond acceptors (Lipinski definition) is 3. The third kappa shape index (κ3) is 4.40. The Morgan fingerprint density at radius 3 is 2.80 bits per heavy atom. The number of hydrogen-bond donors (Lipinski definition) is 1. The number of benzene rings is 1. The van der Waals surface area contributed by atoms with Crippen LogP contribution in [0.3, 0.4) is 0 Å². The quantitative estimate of drug-likeness (QED) is 0.822. The predicted octanol–water partition coefficient (Wildman–Crippen LogP) is 4.51. The second kappa shape index (κ2) is 7.53. The lowest BCUT2D eigenvalue weighted by Gasteiger charge is -2.07. The Balaban J connectivity index is 1.82. The molecule has 0 aliphatic rings. The predicted molar refractivity (Wildman–Crippen MR) is 84.7 cm³/mol. The topological polar surface area (TPSA) is 42.0 Å². The van der Waals surface area contributed by atoms with E-state index >= 15 is 0 Å². The summed E-state index contributed by atoms with van der Waals surface area (Å²) in [5.41, 5.74) is 0.534. The van der Waals surface area contributed by atoms with Gasteiger partial charge >= 0.3 is 0 Å². The molecule has 0 bridgehead atoms. The first-order valence-electron chi connectivity index (χ1n) is 5.94. The van der Waals surface area contributed by atoms with E-state index in [1.54, 1.807) is 24.4 Å². The van der Waals surface area contributed by atoms with E-state index < -0.39 is 0 Å². The molecule has 0 unspecified atom stereocenters. The summed E-state index contributed by atoms with van der Waals surface area (Å²) >= 11 is 13.4. The standard InChI is InChI=1S/C14H12Cl2N2OS/c15-10-4-3-5-11(14(10)16)18-12(19)7-9-20-13-6-1-2-8-17-13/h1-6,8H,7,9H2,(H,18,19). The Morgan fingerprint density at radius 2 is 2.05 bits per heavy atom. The molecule has 2 aromatic rings. The molecule has 0 aliphatic heterocycles. The molecule has 0 aliphatic carbocycles. The van der Waals surface area contributed by atoms with Gasteiger partial charge in [0.25, 0.3) is 0 Å². The van der Waals surface area contributed by atoms with Crippen molar-refractivity contribution in [1.29, 1.82) is 0 Å². The van der Waals surface area contributed by atoms with Crippen molar-refractivity contribution in [3.8, 4) is 0 Å². The summed E-state index contributed by atoms with van der Waals surface area (Å²) in [4.78, 5) is 16.0. The van der Waals surface area contributed by atoms with Gasteiger partial charge in [0.1, 0.15) is 0 Å². The van der Waals surface area contributed by atoms with Crippen LogP contribution in [-0.2, 0) is 4.79 Å². The Hall–Kier alpha value is -1.23. The molecular formula is C14H12Cl2N2OS. The van der Waals surface area contributed by atoms with Crippen molar-refractivity contribution in [2.24, 2.45) is 0 Å². The fourth-order valence-electron chi connectivity index (χ4n) is 1.49. The number of thioether (sulfide) groups is 1. The van der Waals surface area contributed by atoms with Gasteiger partial charge in [0, 0.05) is 18.4 Å². The molecule has 1 N–H and O–H groups in total. The molecule has 6 heteroatoms. The molecular weight excluding hydrogens is 315 g/mol. The minimum Gasteiger partial charge on any atom is -0.325 e. The summed E-state index contributed by atoms with van der Waals surface area (Å²) in [6, 6.07) is 10.8. The number of aromatic nitrogens is 1. The number of carbonyl (C=O) groups excluding carboxylic acids is 1. The van der Waals surface area contributed by atoms with Crippen molar-refractivity contribution in [3.63, 3.8) is 0 Å². The van der Waals surface area contributed by atoms with Crippen LogP contribution in [0.15, 0.2) is 47.6 Å². The first-order valence-corrected chi connectivity index (χ1v) is 7.68. The van der Waals surface area contributed by atoms with Gasteiger partial charge < -0.3 is 5.32 Å². The third-order valence-electron chi connectivity index (χ3n) is 2.44. The van der Waals surface area contributed by atoms with Gasteiger partial charge in [0.2, 0.25) is 5.91 Å². The number of nitrogens with zero attached hydrogens (tertiary/aromatic N) is 1. The first kappa shape index (κ1) is 15.2. The molecule has 1 aromatic carbocycles. The number of pyridine rings is 1. The van der Waals surface area contributed by atoms with Crippen LogP contribution in [0, 0.1) is 0 Å². The molecule has 1 amide bonds. The van der Waals surface area contributed by atoms with Crippen LogP contribution in [0.4, 0.5) is 5.69 Å². The van der Waals surface area contributed by atoms with E-state index in [-0.39, 0.29) is 5.91 Å². The van der Waals surface area contributed by atoms with Crippen LogP contribution in [0.1, 0.15) is 6.42 Å². The van der Waals surface area contributed by atoms with Crippen molar-refractivity contribution >= 4 is 46.6 Å². The summed E-state index contributed by atoms with van der Waals surface area (Å²) in [6.45, 7) is 0. The number of halogens is 2. The van der Waals surface area contributed by atoms with Crippen molar-refractivity contribution in [1.82, 2.24) is 4.98 Å². The zero-order valence-corrected chi connectivity index (χ0v) is 12.8. The smallest absolute Gasteiger partial charge is 0.225 e. The van der Waals surface area contributed by atoms with Gasteiger partial charge in [-0.25, -0.2) is 4.98 Å². The average molecular weight is 327 g/mol. The molecule has 0 spiro atoms. The zero-order chi connectivity index (χ0) is 14.4. The van der Waals surface area contributed by atoms with Crippen LogP contribution in [0.2, 0.25) is 10.0 Å². The number of nitrogens with one attached hydrogen (secondary N) is 1. The third-order valence-corrected chi connectivity index (χ3v) is 4.21. The highest BCUT2D eigenvalue weighted by Gasteiger charge is 2.08. The molecule has 0 fully saturated rings. The maximum Gasteiger partial charge on any atom is 0.225 e. The number of carbonyl (C=O) groups is 1. The van der Waals surface area contributed by atoms with E-state index in [1.165, 1.54) is 11.8 Å². The van der Waals surface area contributed by atoms with E-state index in [0.29, 0.717) is 27.9 Å². The zero-order valence-electron chi connectivity index (χ0n) is 10.5. The number of rotatable bonds is 5. The fourth-order valence-corrected chi connectivity index (χ4v) is 2.65. The molecule has 104 valence electrons. The first-order chi connectivity index (χ1) is 9.66. The SMILES string of the molecule is O=C(CCSc1ccccn1)Nc1cccc(Cl)c1Cl. The lowest BCUT2D eigenvalue weighted by Crippen LogP contribution is -2.12. The van der Waals surface area contributed by atoms with Gasteiger partial charge in [-0.3, -0.25) is 4.79 Å². The maximum atomic E-state index is 11.8. The molecule has 1 heterocycles. The highest BCUT2D eigenvalue weighted by molar-refractivity contribution is 7.99. The molecule has 3 nitrogen and oxygen atoms in total. The van der Waals surface area contributed by atoms with Crippen molar-refractivity contribution in [2.45, 2.75) is 11.4 Å². The van der Waals surface area contributed by atoms with Crippen LogP contribution in [0.5, 0.6) is 0 Å². The van der Waals surface area contributed by atoms with E-state index in [0.717, 1.165) is 5.03 Å². The van der Waals surface area contributed by atoms with E-state index in [1.807, 2.05) is 18.2 Å². The molecule has 2 rings (SSSR count). The molecule has 0 saturated heterocycles. The monoisotopic (exact) mass is 326 g/mol. The number of amides is 1. The summed E-state index contributed by atoms with van der Waals surface area (Å²) in [6.07, 6.45) is 2.11. The molecule has 1 aromatic heterocycles. The van der Waals surface area contributed by atoms with Crippen molar-refractivity contribution < 1.29 is 4.79 Å². The molecule has 0 atom stereocenters. The van der Waals surface area contributed by atoms with Gasteiger partial charge in [-0.05, 0) is 24.3 Å². The molecule has 0 saturated carbocycles. The highest BCUT2D eigenvalue weighted by Crippen LogP contribution is 2.29. The van der Waals surface area contributed by atoms with Crippen LogP contribution in [-0.4, -0.2) is 16.6 Å². The van der Waals surface area contributed by atoms with Crippen LogP contribution in [0.25, 0.3) is 0 Å². The van der Waals surface area contributed by atoms with E-state index in [9.17, 15) is 4.79 Å². The highest BCUT2D eigenvalue weighted by atomic mass is 35.5. The van der Waals surface area contributed by atoms with Gasteiger partial charge in [-0.2, -0.15) is 0 Å². The Morgan fingerprint density at radius 1 is 1.20 bits per heavy atom. The Labute approximate surface area is 131 Å². The largest absolute Gasteiger partial charge is 0.325 e. The lowest BCUT2D eigenvalue weighted by molar-refractivity contribution is -0.115. The van der Waals surface area contributed by atoms with Crippen molar-refractivity contribution in [2.75, 3.05) is 11.1 Å². The average Bonchev–Trinajstić information content (AvgIpc) is 2.45. The van der Waals surface area contributed by atoms with Crippen molar-refractivity contribution in [3.05, 3.63) is 52.6 Å². The normalized spacial score (nSPS) is 10.3. The fraction of sp³-hybridized carbons (Fsp3) is 0.143. The Bertz CT molecular complexity index is 593. The maximum absolute atomic E-state index is 11.8. The van der Waals surface area contributed by atoms with Crippen LogP contribution < -0.4 is 5.32 Å². The van der Waals surface area contributed by atoms with Gasteiger partial charge in [0.05, 0.1) is 20.8 Å². The summed E-state index contributed by atoms with van der Waals surface area (Å²) in [7, 11) is 0. The van der Waals surface area contributed by atoms with E-state index in [2.05, 4.69) is 10.3 Å². The van der Waals surface area contributed by atoms with E-state index in [4.69, 9.17) is 23.2 Å². The molecule has 0 radical (unpaired) electrons. The summed E-state index contributed by atoms with van der Waals surface area (Å²) in [5, 5.41) is 4.44. The van der Waals surface area contributed by atoms with Crippen LogP contribution >= 0.6 is 35.0 Å². The minimum atomic E-state index is -0.0994. The summed E-state index contributed by atoms with van der Waals surface area (Å²) in [5.74, 6) is 0.554. The van der Waals surface area contributed by atoms with Gasteiger partial charge in [-0.1, -0.05) is 35.3 Å². The molecule has 20 heavy (non-hydrogen) atoms. The lowest BCUT2D eigenvalue weighted by atomic mass is 10.3. The Kier molecular flexibility index (Phi) is 5.71. The second-order valence-corrected chi connectivity index (χ2v) is 5.82. The second-order valence-electron chi connectivity index (χ2n) is 3.92. The number of anilines is 1. The van der Waals surface area contributed by atoms with Gasteiger partial charge in [-0.15, -0.1) is 11.8 Å². The minimum absolute atomic E-state index is 0.0994. The summed E-state index contributed by atoms with van der Waals surface area (Å²) < 4.78 is 0. The van der Waals surface area contributed by atoms with Gasteiger partial charge in [0.15, 0.2) is 0 Å².